The molecule has 0 unspecified atom stereocenters. The van der Waals surface area contributed by atoms with E-state index in [1.54, 1.807) is 18.5 Å². The Bertz CT molecular complexity index is 140. The first-order valence-electron chi connectivity index (χ1n) is 1.81. The standard InChI is InChI=1S/C4H3N2.Fe/c1-2-5-4-6-3-1;/h1-3H;. The van der Waals surface area contributed by atoms with Crippen LogP contribution in [0, 0.1) is 0 Å². The van der Waals surface area contributed by atoms with Crippen molar-refractivity contribution >= 4 is 4.72 Å². The van der Waals surface area contributed by atoms with E-state index in [0.29, 0.717) is 4.72 Å². The van der Waals surface area contributed by atoms with Gasteiger partial charge in [-0.05, 0) is 0 Å². The summed E-state index contributed by atoms with van der Waals surface area (Å²) in [5, 5.41) is 0. The molecule has 2 nitrogen and oxygen atoms in total. The van der Waals surface area contributed by atoms with Crippen LogP contribution >= 0.6 is 0 Å². The third kappa shape index (κ3) is 1.26. The van der Waals surface area contributed by atoms with Crippen LogP contribution in [0.3, 0.4) is 0 Å². The van der Waals surface area contributed by atoms with Gasteiger partial charge in [0, 0.05) is 0 Å². The van der Waals surface area contributed by atoms with Crippen LogP contribution in [0.4, 0.5) is 0 Å². The molecule has 0 radical (unpaired) electrons. The predicted molar refractivity (Wildman–Crippen MR) is 21.7 cm³/mol. The number of aromatic nitrogens is 2. The maximum atomic E-state index is 3.76. The summed E-state index contributed by atoms with van der Waals surface area (Å²) in [6.07, 6.45) is 3.32. The summed E-state index contributed by atoms with van der Waals surface area (Å²) in [6, 6.07) is 1.76. The number of hydrogen-bond acceptors (Lipinski definition) is 2. The summed E-state index contributed by atoms with van der Waals surface area (Å²) in [5.74, 6) is 0. The molecule has 0 saturated heterocycles. The van der Waals surface area contributed by atoms with Gasteiger partial charge >= 0.3 is 49.2 Å². The average molecular weight is 135 g/mol. The predicted octanol–water partition coefficient (Wildman–Crippen LogP) is -0.351. The summed E-state index contributed by atoms with van der Waals surface area (Å²) in [5.41, 5.74) is 0. The van der Waals surface area contributed by atoms with Gasteiger partial charge in [-0.15, -0.1) is 0 Å². The second-order valence-corrected chi connectivity index (χ2v) is 1.50. The van der Waals surface area contributed by atoms with Crippen molar-refractivity contribution in [3.63, 3.8) is 0 Å². The van der Waals surface area contributed by atoms with Crippen molar-refractivity contribution in [3.05, 3.63) is 18.5 Å². The Balaban J connectivity index is 3.02. The normalized spacial score (nSPS) is 8.71. The van der Waals surface area contributed by atoms with Crippen LogP contribution < -0.4 is 4.72 Å². The topological polar surface area (TPSA) is 25.8 Å². The van der Waals surface area contributed by atoms with Crippen LogP contribution in [-0.4, -0.2) is 9.97 Å². The maximum absolute atomic E-state index is 3.76. The van der Waals surface area contributed by atoms with E-state index in [0.717, 1.165) is 0 Å². The van der Waals surface area contributed by atoms with Crippen molar-refractivity contribution in [3.8, 4) is 0 Å². The first kappa shape index (κ1) is 4.75. The molecule has 0 spiro atoms. The Hall–Kier alpha value is -0.401. The monoisotopic (exact) mass is 135 g/mol. The molecule has 0 fully saturated rings. The van der Waals surface area contributed by atoms with Gasteiger partial charge < -0.3 is 0 Å². The van der Waals surface area contributed by atoms with Crippen molar-refractivity contribution in [2.24, 2.45) is 0 Å². The second-order valence-electron chi connectivity index (χ2n) is 1.01. The number of hydrogen-bond donors (Lipinski definition) is 0. The minimum absolute atomic E-state index is 0.572. The Morgan fingerprint density at radius 3 is 2.14 bits per heavy atom. The Morgan fingerprint density at radius 2 is 1.86 bits per heavy atom. The van der Waals surface area contributed by atoms with Crippen LogP contribution in [0.2, 0.25) is 0 Å². The molecule has 0 aromatic carbocycles. The van der Waals surface area contributed by atoms with E-state index in [-0.39, 0.29) is 0 Å². The molecular weight excluding hydrogens is 132 g/mol. The van der Waals surface area contributed by atoms with Crippen LogP contribution in [0.25, 0.3) is 0 Å². The quantitative estimate of drug-likeness (QED) is 0.454. The third-order valence-corrected chi connectivity index (χ3v) is 0.813. The van der Waals surface area contributed by atoms with Crippen molar-refractivity contribution in [1.29, 1.82) is 0 Å². The van der Waals surface area contributed by atoms with E-state index in [1.165, 1.54) is 0 Å². The van der Waals surface area contributed by atoms with Gasteiger partial charge in [-0.25, -0.2) is 0 Å². The van der Waals surface area contributed by atoms with E-state index in [9.17, 15) is 0 Å². The first-order valence-corrected chi connectivity index (χ1v) is 2.36. The van der Waals surface area contributed by atoms with E-state index in [4.69, 9.17) is 0 Å². The second kappa shape index (κ2) is 2.05. The summed E-state index contributed by atoms with van der Waals surface area (Å²) in [6.45, 7) is 0. The Morgan fingerprint density at radius 1 is 1.29 bits per heavy atom. The third-order valence-electron chi connectivity index (χ3n) is 0.528. The molecule has 0 aliphatic heterocycles. The molecule has 0 amide bonds. The fourth-order valence-corrected chi connectivity index (χ4v) is 0.442. The van der Waals surface area contributed by atoms with Crippen LogP contribution in [-0.2, 0) is 16.0 Å². The van der Waals surface area contributed by atoms with Crippen molar-refractivity contribution in [2.75, 3.05) is 0 Å². The van der Waals surface area contributed by atoms with Crippen LogP contribution in [0.1, 0.15) is 0 Å². The van der Waals surface area contributed by atoms with Crippen molar-refractivity contribution in [2.45, 2.75) is 0 Å². The van der Waals surface area contributed by atoms with Gasteiger partial charge in [-0.1, -0.05) is 0 Å². The summed E-state index contributed by atoms with van der Waals surface area (Å²) in [4.78, 5) is 7.51. The first-order chi connectivity index (χ1) is 3.39. The van der Waals surface area contributed by atoms with E-state index < -0.39 is 0 Å². The molecule has 7 heavy (non-hydrogen) atoms. The summed E-state index contributed by atoms with van der Waals surface area (Å²) in [7, 11) is 0. The summed E-state index contributed by atoms with van der Waals surface area (Å²) < 4.78 is 0.572. The van der Waals surface area contributed by atoms with Crippen molar-refractivity contribution in [1.82, 2.24) is 9.97 Å². The molecule has 0 N–H and O–H groups in total. The van der Waals surface area contributed by atoms with Gasteiger partial charge in [0.05, 0.1) is 0 Å². The molecule has 0 aliphatic rings. The zero-order chi connectivity index (χ0) is 5.11. The van der Waals surface area contributed by atoms with Gasteiger partial charge in [0.15, 0.2) is 0 Å². The fourth-order valence-electron chi connectivity index (χ4n) is 0.277. The molecule has 1 aromatic rings. The molecule has 1 rings (SSSR count). The van der Waals surface area contributed by atoms with Gasteiger partial charge in [-0.2, -0.15) is 0 Å². The zero-order valence-electron chi connectivity index (χ0n) is 3.48. The molecule has 1 heterocycles. The van der Waals surface area contributed by atoms with E-state index in [2.05, 4.69) is 26.0 Å². The van der Waals surface area contributed by atoms with E-state index in [1.807, 2.05) is 0 Å². The fraction of sp³-hybridized carbons (Fsp3) is 0. The van der Waals surface area contributed by atoms with Gasteiger partial charge in [-0.3, -0.25) is 0 Å². The molecule has 0 saturated carbocycles. The molecule has 3 heteroatoms. The van der Waals surface area contributed by atoms with Gasteiger partial charge in [0.25, 0.3) is 0 Å². The van der Waals surface area contributed by atoms with Crippen molar-refractivity contribution < 1.29 is 16.0 Å². The van der Waals surface area contributed by atoms with Gasteiger partial charge in [0.1, 0.15) is 0 Å². The summed E-state index contributed by atoms with van der Waals surface area (Å²) >= 11 is 3.50. The number of nitrogens with zero attached hydrogens (tertiary/aromatic N) is 2. The average Bonchev–Trinajstić information content (AvgIpc) is 1.69. The SMILES string of the molecule is [Fe][c]1ncccn1. The van der Waals surface area contributed by atoms with E-state index >= 15 is 0 Å². The molecule has 0 atom stereocenters. The Kier molecular flexibility index (Phi) is 1.39. The Labute approximate surface area is 49.8 Å². The van der Waals surface area contributed by atoms with Crippen LogP contribution in [0.5, 0.6) is 0 Å². The zero-order valence-corrected chi connectivity index (χ0v) is 4.58. The molecule has 0 aliphatic carbocycles. The molecule has 0 bridgehead atoms. The number of rotatable bonds is 0. The van der Waals surface area contributed by atoms with Crippen LogP contribution in [0.15, 0.2) is 18.5 Å². The molecule has 1 aromatic heterocycles. The van der Waals surface area contributed by atoms with Gasteiger partial charge in [0.2, 0.25) is 0 Å². The molecule has 37 valence electrons. The molecular formula is C4H3FeN2. The minimum atomic E-state index is 0.572.